The van der Waals surface area contributed by atoms with Crippen LogP contribution in [0.3, 0.4) is 0 Å². The third-order valence-electron chi connectivity index (χ3n) is 8.95. The van der Waals surface area contributed by atoms with Crippen LogP contribution in [0.2, 0.25) is 0 Å². The van der Waals surface area contributed by atoms with Gasteiger partial charge in [0.2, 0.25) is 0 Å². The van der Waals surface area contributed by atoms with Crippen molar-refractivity contribution in [2.75, 3.05) is 26.8 Å². The summed E-state index contributed by atoms with van der Waals surface area (Å²) < 4.78 is 19.6. The lowest BCUT2D eigenvalue weighted by atomic mass is 9.95. The van der Waals surface area contributed by atoms with Crippen molar-refractivity contribution >= 4 is 17.7 Å². The smallest absolute Gasteiger partial charge is 0.272 e. The molecule has 2 aromatic heterocycles. The summed E-state index contributed by atoms with van der Waals surface area (Å²) in [7, 11) is 3.36. The standard InChI is InChI=1S/C35H36N6O6/c1-40-33(27-8-3-4-9-28(27)39-40)35(44)41-18-29-31(19-41)47-26-11-10-22(30(14-26)45-2)17-37-32(42)20-46-25-7-5-6-21(13-25)23-12-24(16-36-15-23)34(43)38-29/h5-7,10-16,29,31H,3-4,8-9,17-20H2,1-2H3,(H,37,42)(H,38,43)/t29-,31-/m0/s1. The van der Waals surface area contributed by atoms with Gasteiger partial charge >= 0.3 is 0 Å². The molecule has 4 aromatic rings. The van der Waals surface area contributed by atoms with Gasteiger partial charge in [0.1, 0.15) is 29.0 Å². The predicted molar refractivity (Wildman–Crippen MR) is 171 cm³/mol. The number of ether oxygens (including phenoxy) is 3. The number of hydrogen-bond donors (Lipinski definition) is 2. The highest BCUT2D eigenvalue weighted by Crippen LogP contribution is 2.30. The van der Waals surface area contributed by atoms with Gasteiger partial charge in [0, 0.05) is 55.3 Å². The van der Waals surface area contributed by atoms with Crippen molar-refractivity contribution in [3.05, 3.63) is 89.0 Å². The van der Waals surface area contributed by atoms with E-state index in [1.165, 1.54) is 6.20 Å². The third-order valence-corrected chi connectivity index (χ3v) is 8.95. The highest BCUT2D eigenvalue weighted by Gasteiger charge is 2.40. The largest absolute Gasteiger partial charge is 0.496 e. The van der Waals surface area contributed by atoms with Crippen molar-refractivity contribution in [3.63, 3.8) is 0 Å². The van der Waals surface area contributed by atoms with E-state index >= 15 is 0 Å². The normalized spacial score (nSPS) is 19.4. The zero-order valence-corrected chi connectivity index (χ0v) is 26.3. The Bertz CT molecular complexity index is 1850. The van der Waals surface area contributed by atoms with Gasteiger partial charge in [-0.1, -0.05) is 12.1 Å². The van der Waals surface area contributed by atoms with E-state index in [-0.39, 0.29) is 44.0 Å². The Balaban J connectivity index is 1.23. The number of nitrogens with one attached hydrogen (secondary N) is 2. The van der Waals surface area contributed by atoms with Gasteiger partial charge in [0.25, 0.3) is 17.7 Å². The number of rotatable bonds is 2. The monoisotopic (exact) mass is 636 g/mol. The van der Waals surface area contributed by atoms with Gasteiger partial charge in [-0.3, -0.25) is 24.0 Å². The Hall–Kier alpha value is -5.39. The van der Waals surface area contributed by atoms with Crippen molar-refractivity contribution in [2.45, 2.75) is 44.4 Å². The van der Waals surface area contributed by atoms with E-state index in [2.05, 4.69) is 20.7 Å². The lowest BCUT2D eigenvalue weighted by Gasteiger charge is -2.22. The molecular formula is C35H36N6O6. The summed E-state index contributed by atoms with van der Waals surface area (Å²) in [6.45, 7) is 0.565. The fourth-order valence-corrected chi connectivity index (χ4v) is 6.55. The van der Waals surface area contributed by atoms with Crippen LogP contribution in [0, 0.1) is 0 Å². The van der Waals surface area contributed by atoms with E-state index in [9.17, 15) is 14.4 Å². The van der Waals surface area contributed by atoms with Crippen LogP contribution in [0.4, 0.5) is 0 Å². The second-order valence-electron chi connectivity index (χ2n) is 12.1. The number of pyridine rings is 1. The zero-order chi connectivity index (χ0) is 32.5. The molecule has 0 unspecified atom stereocenters. The summed E-state index contributed by atoms with van der Waals surface area (Å²) in [5.41, 5.74) is 5.21. The Morgan fingerprint density at radius 1 is 0.979 bits per heavy atom. The van der Waals surface area contributed by atoms with E-state index in [4.69, 9.17) is 14.2 Å². The number of carbonyl (C=O) groups excluding carboxylic acids is 3. The van der Waals surface area contributed by atoms with Crippen LogP contribution in [0.5, 0.6) is 17.2 Å². The molecule has 1 fully saturated rings. The van der Waals surface area contributed by atoms with Gasteiger partial charge in [-0.25, -0.2) is 0 Å². The van der Waals surface area contributed by atoms with Crippen LogP contribution < -0.4 is 24.8 Å². The number of fused-ring (bicyclic) bond motifs is 8. The highest BCUT2D eigenvalue weighted by atomic mass is 16.5. The summed E-state index contributed by atoms with van der Waals surface area (Å²) in [6.07, 6.45) is 6.40. The number of aromatic nitrogens is 3. The molecule has 5 heterocycles. The summed E-state index contributed by atoms with van der Waals surface area (Å²) in [6, 6.07) is 13.9. The molecule has 242 valence electrons. The quantitative estimate of drug-likeness (QED) is 0.343. The topological polar surface area (TPSA) is 137 Å². The predicted octanol–water partition coefficient (Wildman–Crippen LogP) is 3.08. The maximum Gasteiger partial charge on any atom is 0.272 e. The minimum Gasteiger partial charge on any atom is -0.496 e. The lowest BCUT2D eigenvalue weighted by molar-refractivity contribution is -0.123. The average molecular weight is 637 g/mol. The van der Waals surface area contributed by atoms with Gasteiger partial charge in [0.15, 0.2) is 6.61 Å². The molecule has 3 amide bonds. The number of amides is 3. The number of methoxy groups -OCH3 is 1. The van der Waals surface area contributed by atoms with E-state index in [0.717, 1.165) is 48.1 Å². The van der Waals surface area contributed by atoms with Crippen LogP contribution in [0.1, 0.15) is 50.5 Å². The van der Waals surface area contributed by atoms with Crippen LogP contribution in [0.15, 0.2) is 60.9 Å². The van der Waals surface area contributed by atoms with Gasteiger partial charge < -0.3 is 29.7 Å². The number of aryl methyl sites for hydroxylation is 2. The zero-order valence-electron chi connectivity index (χ0n) is 26.3. The molecule has 1 aliphatic carbocycles. The molecule has 12 heteroatoms. The summed E-state index contributed by atoms with van der Waals surface area (Å²) in [5.74, 6) is 0.787. The molecule has 47 heavy (non-hydrogen) atoms. The number of hydrogen-bond acceptors (Lipinski definition) is 8. The average Bonchev–Trinajstić information content (AvgIpc) is 3.65. The maximum atomic E-state index is 14.0. The fourth-order valence-electron chi connectivity index (χ4n) is 6.55. The minimum absolute atomic E-state index is 0.131. The number of nitrogens with zero attached hydrogens (tertiary/aromatic N) is 4. The first-order chi connectivity index (χ1) is 22.9. The Morgan fingerprint density at radius 2 is 1.83 bits per heavy atom. The first-order valence-corrected chi connectivity index (χ1v) is 15.8. The molecular weight excluding hydrogens is 600 g/mol. The van der Waals surface area contributed by atoms with Crippen molar-refractivity contribution in [3.8, 4) is 28.4 Å². The molecule has 0 saturated carbocycles. The number of likely N-dealkylation sites (tertiary alicyclic amines) is 1. The number of carbonyl (C=O) groups is 3. The molecule has 3 aliphatic heterocycles. The first-order valence-electron chi connectivity index (χ1n) is 15.8. The molecule has 2 atom stereocenters. The third kappa shape index (κ3) is 6.23. The SMILES string of the molecule is COc1cc2ccc1CNC(=O)COc1cccc(c1)-c1cncc(c1)C(=O)N[C@H]1CN(C(=O)c3c4c(nn3C)CCCC4)C[C@@H]1O2. The number of benzene rings is 2. The molecule has 2 N–H and O–H groups in total. The van der Waals surface area contributed by atoms with E-state index < -0.39 is 12.1 Å². The molecule has 6 bridgehead atoms. The molecule has 0 spiro atoms. The van der Waals surface area contributed by atoms with Gasteiger partial charge in [-0.05, 0) is 61.6 Å². The van der Waals surface area contributed by atoms with Crippen molar-refractivity contribution < 1.29 is 28.6 Å². The van der Waals surface area contributed by atoms with Crippen molar-refractivity contribution in [1.82, 2.24) is 30.3 Å². The van der Waals surface area contributed by atoms with Crippen LogP contribution in [0.25, 0.3) is 11.1 Å². The highest BCUT2D eigenvalue weighted by molar-refractivity contribution is 5.96. The second-order valence-corrected chi connectivity index (χ2v) is 12.1. The minimum atomic E-state index is -0.558. The van der Waals surface area contributed by atoms with Crippen LogP contribution >= 0.6 is 0 Å². The van der Waals surface area contributed by atoms with Gasteiger partial charge in [-0.2, -0.15) is 5.10 Å². The van der Waals surface area contributed by atoms with E-state index in [0.29, 0.717) is 34.1 Å². The second kappa shape index (κ2) is 12.8. The lowest BCUT2D eigenvalue weighted by Crippen LogP contribution is -2.45. The van der Waals surface area contributed by atoms with E-state index in [1.807, 2.05) is 25.2 Å². The van der Waals surface area contributed by atoms with Gasteiger partial charge in [0.05, 0.1) is 31.0 Å². The molecule has 8 rings (SSSR count). The van der Waals surface area contributed by atoms with Crippen LogP contribution in [-0.4, -0.2) is 76.3 Å². The maximum absolute atomic E-state index is 14.0. The van der Waals surface area contributed by atoms with Crippen LogP contribution in [-0.2, 0) is 31.2 Å². The molecule has 1 saturated heterocycles. The molecule has 12 nitrogen and oxygen atoms in total. The summed E-state index contributed by atoms with van der Waals surface area (Å²) in [5, 5.41) is 10.6. The van der Waals surface area contributed by atoms with E-state index in [1.54, 1.807) is 53.2 Å². The fraction of sp³-hybridized carbons (Fsp3) is 0.343. The Morgan fingerprint density at radius 3 is 2.70 bits per heavy atom. The Kier molecular flexibility index (Phi) is 8.23. The summed E-state index contributed by atoms with van der Waals surface area (Å²) >= 11 is 0. The first kappa shape index (κ1) is 30.3. The van der Waals surface area contributed by atoms with Gasteiger partial charge in [-0.15, -0.1) is 0 Å². The van der Waals surface area contributed by atoms with Crippen molar-refractivity contribution in [1.29, 1.82) is 0 Å². The summed E-state index contributed by atoms with van der Waals surface area (Å²) in [4.78, 5) is 46.5. The molecule has 0 radical (unpaired) electrons. The Labute approximate surface area is 272 Å². The van der Waals surface area contributed by atoms with Crippen molar-refractivity contribution in [2.24, 2.45) is 7.05 Å². The molecule has 2 aromatic carbocycles. The molecule has 4 aliphatic rings.